The monoisotopic (exact) mass is 285 g/mol. The Morgan fingerprint density at radius 1 is 1.14 bits per heavy atom. The first-order chi connectivity index (χ1) is 10.1. The molecule has 0 fully saturated rings. The fraction of sp³-hybridized carbons (Fsp3) is 0.500. The molecule has 0 amide bonds. The van der Waals surface area contributed by atoms with E-state index in [1.165, 1.54) is 27.8 Å². The standard InChI is InChI=1S/C18H27N3/c1-6-8-19-18(16-11-20-21(7-2)12-16)17-14(4)9-13(3)10-15(17)5/h9-12,18-19H,6-8H2,1-5H3. The fourth-order valence-electron chi connectivity index (χ4n) is 3.02. The van der Waals surface area contributed by atoms with E-state index >= 15 is 0 Å². The third kappa shape index (κ3) is 3.53. The molecule has 3 heteroatoms. The average Bonchev–Trinajstić information content (AvgIpc) is 2.90. The number of rotatable bonds is 6. The quantitative estimate of drug-likeness (QED) is 0.872. The Balaban J connectivity index is 2.45. The highest BCUT2D eigenvalue weighted by atomic mass is 15.3. The zero-order valence-corrected chi connectivity index (χ0v) is 13.9. The van der Waals surface area contributed by atoms with Crippen LogP contribution in [0.2, 0.25) is 0 Å². The van der Waals surface area contributed by atoms with Gasteiger partial charge in [0.25, 0.3) is 0 Å². The molecule has 0 radical (unpaired) electrons. The molecule has 1 aromatic carbocycles. The van der Waals surface area contributed by atoms with Crippen LogP contribution >= 0.6 is 0 Å². The highest BCUT2D eigenvalue weighted by Crippen LogP contribution is 2.28. The Morgan fingerprint density at radius 2 is 1.81 bits per heavy atom. The van der Waals surface area contributed by atoms with Crippen molar-refractivity contribution >= 4 is 0 Å². The molecule has 1 aromatic heterocycles. The van der Waals surface area contributed by atoms with Crippen LogP contribution in [-0.2, 0) is 6.54 Å². The van der Waals surface area contributed by atoms with E-state index in [1.54, 1.807) is 0 Å². The van der Waals surface area contributed by atoms with Gasteiger partial charge in [-0.3, -0.25) is 4.68 Å². The first kappa shape index (κ1) is 15.8. The topological polar surface area (TPSA) is 29.9 Å². The van der Waals surface area contributed by atoms with Gasteiger partial charge in [0.15, 0.2) is 0 Å². The van der Waals surface area contributed by atoms with E-state index in [2.05, 4.69) is 63.4 Å². The Bertz CT molecular complexity index is 575. The number of aryl methyl sites for hydroxylation is 4. The summed E-state index contributed by atoms with van der Waals surface area (Å²) >= 11 is 0. The number of nitrogens with zero attached hydrogens (tertiary/aromatic N) is 2. The van der Waals surface area contributed by atoms with E-state index in [0.717, 1.165) is 19.5 Å². The summed E-state index contributed by atoms with van der Waals surface area (Å²) in [4.78, 5) is 0. The second-order valence-corrected chi connectivity index (χ2v) is 5.83. The highest BCUT2D eigenvalue weighted by Gasteiger charge is 2.19. The maximum absolute atomic E-state index is 4.44. The number of nitrogens with one attached hydrogen (secondary N) is 1. The maximum atomic E-state index is 4.44. The molecule has 2 rings (SSSR count). The molecule has 0 saturated carbocycles. The Labute approximate surface area is 128 Å². The van der Waals surface area contributed by atoms with Gasteiger partial charge in [-0.05, 0) is 57.4 Å². The molecule has 0 aliphatic rings. The van der Waals surface area contributed by atoms with Crippen LogP contribution < -0.4 is 5.32 Å². The SMILES string of the molecule is CCCNC(c1cnn(CC)c1)c1c(C)cc(C)cc1C. The van der Waals surface area contributed by atoms with E-state index < -0.39 is 0 Å². The molecule has 114 valence electrons. The Morgan fingerprint density at radius 3 is 2.33 bits per heavy atom. The summed E-state index contributed by atoms with van der Waals surface area (Å²) in [5.74, 6) is 0. The van der Waals surface area contributed by atoms with E-state index in [9.17, 15) is 0 Å². The van der Waals surface area contributed by atoms with Crippen molar-refractivity contribution in [3.63, 3.8) is 0 Å². The Kier molecular flexibility index (Phi) is 5.18. The second kappa shape index (κ2) is 6.90. The van der Waals surface area contributed by atoms with Crippen LogP contribution in [0.4, 0.5) is 0 Å². The summed E-state index contributed by atoms with van der Waals surface area (Å²) in [7, 11) is 0. The average molecular weight is 285 g/mol. The van der Waals surface area contributed by atoms with Gasteiger partial charge in [-0.1, -0.05) is 24.6 Å². The first-order valence-electron chi connectivity index (χ1n) is 7.90. The van der Waals surface area contributed by atoms with Crippen molar-refractivity contribution in [3.05, 3.63) is 52.3 Å². The molecule has 0 aliphatic carbocycles. The molecule has 0 spiro atoms. The predicted octanol–water partition coefficient (Wildman–Crippen LogP) is 3.92. The lowest BCUT2D eigenvalue weighted by atomic mass is 9.91. The summed E-state index contributed by atoms with van der Waals surface area (Å²) in [5.41, 5.74) is 6.67. The molecule has 3 nitrogen and oxygen atoms in total. The van der Waals surface area contributed by atoms with Gasteiger partial charge in [0.2, 0.25) is 0 Å². The Hall–Kier alpha value is -1.61. The van der Waals surface area contributed by atoms with Gasteiger partial charge >= 0.3 is 0 Å². The third-order valence-corrected chi connectivity index (χ3v) is 3.94. The summed E-state index contributed by atoms with van der Waals surface area (Å²) in [6, 6.07) is 4.77. The highest BCUT2D eigenvalue weighted by molar-refractivity contribution is 5.43. The minimum absolute atomic E-state index is 0.228. The molecular formula is C18H27N3. The molecule has 1 N–H and O–H groups in total. The van der Waals surface area contributed by atoms with Gasteiger partial charge in [0.05, 0.1) is 12.2 Å². The normalized spacial score (nSPS) is 12.6. The fourth-order valence-corrected chi connectivity index (χ4v) is 3.02. The largest absolute Gasteiger partial charge is 0.306 e. The van der Waals surface area contributed by atoms with Gasteiger partial charge < -0.3 is 5.32 Å². The molecule has 2 aromatic rings. The molecule has 21 heavy (non-hydrogen) atoms. The lowest BCUT2D eigenvalue weighted by Crippen LogP contribution is -2.24. The van der Waals surface area contributed by atoms with Gasteiger partial charge in [0.1, 0.15) is 0 Å². The lowest BCUT2D eigenvalue weighted by molar-refractivity contribution is 0.591. The smallest absolute Gasteiger partial charge is 0.0613 e. The molecule has 0 saturated heterocycles. The van der Waals surface area contributed by atoms with Crippen molar-refractivity contribution < 1.29 is 0 Å². The van der Waals surface area contributed by atoms with Crippen molar-refractivity contribution in [3.8, 4) is 0 Å². The number of aromatic nitrogens is 2. The van der Waals surface area contributed by atoms with E-state index in [1.807, 2.05) is 10.9 Å². The van der Waals surface area contributed by atoms with Crippen LogP contribution in [0, 0.1) is 20.8 Å². The summed E-state index contributed by atoms with van der Waals surface area (Å²) in [6.45, 7) is 12.8. The van der Waals surface area contributed by atoms with Gasteiger partial charge in [-0.25, -0.2) is 0 Å². The molecule has 0 aliphatic heterocycles. The van der Waals surface area contributed by atoms with Crippen LogP contribution in [0.1, 0.15) is 54.1 Å². The molecule has 0 bridgehead atoms. The minimum atomic E-state index is 0.228. The summed E-state index contributed by atoms with van der Waals surface area (Å²) < 4.78 is 1.99. The van der Waals surface area contributed by atoms with Gasteiger partial charge in [0, 0.05) is 18.3 Å². The minimum Gasteiger partial charge on any atom is -0.306 e. The van der Waals surface area contributed by atoms with Crippen LogP contribution in [0.15, 0.2) is 24.5 Å². The van der Waals surface area contributed by atoms with Crippen molar-refractivity contribution in [2.75, 3.05) is 6.54 Å². The van der Waals surface area contributed by atoms with Crippen molar-refractivity contribution in [2.45, 2.75) is 53.6 Å². The van der Waals surface area contributed by atoms with Crippen molar-refractivity contribution in [2.24, 2.45) is 0 Å². The van der Waals surface area contributed by atoms with Gasteiger partial charge in [-0.2, -0.15) is 5.10 Å². The molecule has 1 heterocycles. The lowest BCUT2D eigenvalue weighted by Gasteiger charge is -2.22. The molecule has 1 unspecified atom stereocenters. The number of hydrogen-bond acceptors (Lipinski definition) is 2. The molecular weight excluding hydrogens is 258 g/mol. The maximum Gasteiger partial charge on any atom is 0.0613 e. The van der Waals surface area contributed by atoms with E-state index in [0.29, 0.717) is 0 Å². The zero-order chi connectivity index (χ0) is 15.4. The number of benzene rings is 1. The van der Waals surface area contributed by atoms with Crippen LogP contribution in [0.25, 0.3) is 0 Å². The zero-order valence-electron chi connectivity index (χ0n) is 13.9. The third-order valence-electron chi connectivity index (χ3n) is 3.94. The summed E-state index contributed by atoms with van der Waals surface area (Å²) in [5, 5.41) is 8.13. The van der Waals surface area contributed by atoms with Crippen molar-refractivity contribution in [1.29, 1.82) is 0 Å². The first-order valence-corrected chi connectivity index (χ1v) is 7.90. The second-order valence-electron chi connectivity index (χ2n) is 5.83. The van der Waals surface area contributed by atoms with Gasteiger partial charge in [-0.15, -0.1) is 0 Å². The predicted molar refractivity (Wildman–Crippen MR) is 88.7 cm³/mol. The molecule has 1 atom stereocenters. The van der Waals surface area contributed by atoms with Crippen LogP contribution in [0.5, 0.6) is 0 Å². The van der Waals surface area contributed by atoms with E-state index in [-0.39, 0.29) is 6.04 Å². The van der Waals surface area contributed by atoms with Crippen molar-refractivity contribution in [1.82, 2.24) is 15.1 Å². The van der Waals surface area contributed by atoms with E-state index in [4.69, 9.17) is 0 Å². The number of hydrogen-bond donors (Lipinski definition) is 1. The van der Waals surface area contributed by atoms with Crippen LogP contribution in [-0.4, -0.2) is 16.3 Å². The van der Waals surface area contributed by atoms with Crippen LogP contribution in [0.3, 0.4) is 0 Å². The summed E-state index contributed by atoms with van der Waals surface area (Å²) in [6.07, 6.45) is 5.28.